The van der Waals surface area contributed by atoms with Crippen LogP contribution >= 0.6 is 22.7 Å². The van der Waals surface area contributed by atoms with Gasteiger partial charge in [-0.15, -0.1) is 42.4 Å². The van der Waals surface area contributed by atoms with Gasteiger partial charge in [0.05, 0.1) is 62.4 Å². The normalized spacial score (nSPS) is 22.5. The highest BCUT2D eigenvalue weighted by molar-refractivity contribution is 7.13. The molecule has 468 valence electrons. The molecular formula is C66H81N9O11S2. The molecule has 2 aromatic carbocycles. The molecule has 0 unspecified atom stereocenters. The van der Waals surface area contributed by atoms with E-state index in [1.54, 1.807) is 51.6 Å². The van der Waals surface area contributed by atoms with E-state index in [0.29, 0.717) is 72.5 Å². The zero-order valence-electron chi connectivity index (χ0n) is 51.5. The average molecular weight is 1240 g/mol. The molecule has 8 atom stereocenters. The number of amides is 4. The van der Waals surface area contributed by atoms with E-state index < -0.39 is 47.1 Å². The number of pyridine rings is 2. The van der Waals surface area contributed by atoms with E-state index >= 15 is 0 Å². The Morgan fingerprint density at radius 2 is 1.22 bits per heavy atom. The number of ether oxygens (including phenoxy) is 6. The van der Waals surface area contributed by atoms with Crippen molar-refractivity contribution in [3.8, 4) is 44.4 Å². The van der Waals surface area contributed by atoms with Gasteiger partial charge >= 0.3 is 18.0 Å². The number of aromatic nitrogens is 4. The Balaban J connectivity index is 0.000000215. The summed E-state index contributed by atoms with van der Waals surface area (Å²) in [5.74, 6) is 1.22. The molecule has 2 saturated heterocycles. The Morgan fingerprint density at radius 1 is 0.693 bits per heavy atom. The van der Waals surface area contributed by atoms with Crippen LogP contribution in [0.3, 0.4) is 0 Å². The number of thiazole rings is 2. The number of esters is 2. The largest absolute Gasteiger partial charge is 0.497 e. The molecule has 4 N–H and O–H groups in total. The molecule has 22 heteroatoms. The van der Waals surface area contributed by atoms with Crippen molar-refractivity contribution in [3.05, 3.63) is 109 Å². The number of urea groups is 1. The molecule has 2 aliphatic carbocycles. The molecule has 0 radical (unpaired) electrons. The molecule has 6 heterocycles. The number of fused-ring (bicyclic) bond motifs is 2. The first-order valence-electron chi connectivity index (χ1n) is 30.3. The lowest BCUT2D eigenvalue weighted by molar-refractivity contribution is -0.149. The van der Waals surface area contributed by atoms with Gasteiger partial charge in [-0.2, -0.15) is 0 Å². The molecule has 6 aromatic rings. The predicted molar refractivity (Wildman–Crippen MR) is 341 cm³/mol. The predicted octanol–water partition coefficient (Wildman–Crippen LogP) is 10.6. The van der Waals surface area contributed by atoms with E-state index in [4.69, 9.17) is 48.4 Å². The van der Waals surface area contributed by atoms with E-state index in [2.05, 4.69) is 74.1 Å². The Hall–Kier alpha value is -7.95. The van der Waals surface area contributed by atoms with Crippen molar-refractivity contribution in [1.29, 1.82) is 0 Å². The maximum Gasteiger partial charge on any atom is 0.332 e. The number of nitrogens with one attached hydrogen (secondary N) is 4. The molecule has 4 aliphatic rings. The summed E-state index contributed by atoms with van der Waals surface area (Å²) in [6, 6.07) is 13.3. The first kappa shape index (κ1) is 64.5. The lowest BCUT2D eigenvalue weighted by Gasteiger charge is -2.26. The number of carbonyl (C=O) groups is 5. The van der Waals surface area contributed by atoms with Crippen LogP contribution < -0.4 is 40.2 Å². The van der Waals surface area contributed by atoms with E-state index in [1.165, 1.54) is 16.2 Å². The molecule has 2 saturated carbocycles. The van der Waals surface area contributed by atoms with E-state index in [9.17, 15) is 24.0 Å². The molecule has 10 rings (SSSR count). The molecule has 88 heavy (non-hydrogen) atoms. The lowest BCUT2D eigenvalue weighted by atomic mass is 10.1. The lowest BCUT2D eigenvalue weighted by Crippen LogP contribution is -2.54. The first-order valence-corrected chi connectivity index (χ1v) is 32.0. The summed E-state index contributed by atoms with van der Waals surface area (Å²) in [4.78, 5) is 87.0. The smallest absolute Gasteiger partial charge is 0.332 e. The number of unbranched alkanes of at least 4 members (excludes halogenated alkanes) is 3. The molecule has 0 bridgehead atoms. The van der Waals surface area contributed by atoms with Crippen molar-refractivity contribution in [2.45, 2.75) is 140 Å². The summed E-state index contributed by atoms with van der Waals surface area (Å²) < 4.78 is 34.6. The molecule has 2 aliphatic heterocycles. The molecule has 4 aromatic heterocycles. The number of allylic oxidation sites excluding steroid dienone is 1. The third kappa shape index (κ3) is 14.5. The van der Waals surface area contributed by atoms with Gasteiger partial charge in [-0.25, -0.2) is 34.3 Å². The first-order chi connectivity index (χ1) is 42.4. The van der Waals surface area contributed by atoms with Gasteiger partial charge < -0.3 is 54.6 Å². The quantitative estimate of drug-likeness (QED) is 0.0224. The number of likely N-dealkylation sites (tertiary alicyclic amines) is 1. The summed E-state index contributed by atoms with van der Waals surface area (Å²) in [5, 5.41) is 19.4. The standard InChI is InChI=1S/C37H47N5O6S.C29H34N4O5S/c1-7-10-11-12-13-16-38-36(45)42-21-26(18-31(42)33(43)41-37(20-24(37)8-2)35(44)47-9-3)48-32-19-29(34-40-30(22-49-34)23(4)5)39-28-17-25(46-6)14-15-27(28)32;1-6-17-13-29(17,28(35)37-7-2)33-26(34)22-11-19(14-30-22)38-25-12-23(27-32-24(15-39-27)16(3)4)31-21-10-18(36-5)8-9-20(21)25/h7-8,14-15,17,19,22-24,26,31H,1-2,9-13,16,18,20-21H2,3-6H3,(H,38,45)(H,41,43);6,8-10,12,15-17,19,22,30H,1,7,11,13-14H2,2-5H3,(H,33,34)/t24-,26-,31+,37-;17-,19-,22+,29-/m11/s1. The fourth-order valence-corrected chi connectivity index (χ4v) is 13.0. The minimum absolute atomic E-state index is 0.130. The zero-order valence-corrected chi connectivity index (χ0v) is 53.1. The molecule has 0 spiro atoms. The number of rotatable bonds is 26. The fourth-order valence-electron chi connectivity index (χ4n) is 11.1. The Kier molecular flexibility index (Phi) is 20.9. The number of methoxy groups -OCH3 is 2. The zero-order chi connectivity index (χ0) is 62.9. The van der Waals surface area contributed by atoms with Crippen LogP contribution in [0.5, 0.6) is 23.0 Å². The van der Waals surface area contributed by atoms with E-state index in [1.807, 2.05) is 60.0 Å². The minimum atomic E-state index is -1.18. The van der Waals surface area contributed by atoms with Crippen LogP contribution in [0, 0.1) is 11.8 Å². The van der Waals surface area contributed by atoms with Crippen molar-refractivity contribution < 1.29 is 52.4 Å². The second-order valence-electron chi connectivity index (χ2n) is 23.1. The van der Waals surface area contributed by atoms with Gasteiger partial charge in [-0.1, -0.05) is 52.3 Å². The summed E-state index contributed by atoms with van der Waals surface area (Å²) in [6.07, 6.45) is 9.71. The fraction of sp³-hybridized carbons (Fsp3) is 0.470. The van der Waals surface area contributed by atoms with E-state index in [0.717, 1.165) is 69.1 Å². The second kappa shape index (κ2) is 28.5. The van der Waals surface area contributed by atoms with Crippen molar-refractivity contribution in [3.63, 3.8) is 0 Å². The van der Waals surface area contributed by atoms with Gasteiger partial charge in [-0.3, -0.25) is 9.59 Å². The van der Waals surface area contributed by atoms with Gasteiger partial charge in [0, 0.05) is 83.6 Å². The van der Waals surface area contributed by atoms with Crippen LogP contribution in [0.2, 0.25) is 0 Å². The minimum Gasteiger partial charge on any atom is -0.497 e. The van der Waals surface area contributed by atoms with Gasteiger partial charge in [0.15, 0.2) is 0 Å². The summed E-state index contributed by atoms with van der Waals surface area (Å²) >= 11 is 3.07. The monoisotopic (exact) mass is 1240 g/mol. The van der Waals surface area contributed by atoms with Crippen molar-refractivity contribution in [2.75, 3.05) is 47.1 Å². The van der Waals surface area contributed by atoms with Crippen LogP contribution in [0.15, 0.2) is 97.3 Å². The highest BCUT2D eigenvalue weighted by Gasteiger charge is 2.63. The molecular weight excluding hydrogens is 1160 g/mol. The van der Waals surface area contributed by atoms with Gasteiger partial charge in [0.1, 0.15) is 73.7 Å². The second-order valence-corrected chi connectivity index (χ2v) is 24.9. The van der Waals surface area contributed by atoms with Crippen LogP contribution in [0.4, 0.5) is 4.79 Å². The topological polar surface area (TPSA) is 244 Å². The Labute approximate surface area is 522 Å². The molecule has 4 fully saturated rings. The number of benzene rings is 2. The van der Waals surface area contributed by atoms with Crippen molar-refractivity contribution in [1.82, 2.24) is 46.1 Å². The number of hydrogen-bond donors (Lipinski definition) is 4. The highest BCUT2D eigenvalue weighted by Crippen LogP contribution is 2.47. The molecule has 20 nitrogen and oxygen atoms in total. The maximum absolute atomic E-state index is 13.9. The van der Waals surface area contributed by atoms with E-state index in [-0.39, 0.29) is 62.0 Å². The molecule has 4 amide bonds. The van der Waals surface area contributed by atoms with Crippen LogP contribution in [0.25, 0.3) is 43.2 Å². The maximum atomic E-state index is 13.9. The van der Waals surface area contributed by atoms with Gasteiger partial charge in [0.2, 0.25) is 11.8 Å². The number of hydrogen-bond acceptors (Lipinski definition) is 18. The SMILES string of the molecule is C=CCCCCCNC(=O)N1C[C@H](Oc2cc(-c3nc(C(C)C)cs3)nc3cc(OC)ccc23)C[C@H]1C(=O)N[C@]1(C(=O)OCC)C[C@H]1C=C.C=C[C@@H]1C[C@]1(NC(=O)[C@@H]1C[C@@H](Oc2cc(-c3nc(C(C)C)cs3)nc3cc(OC)ccc23)CN1)C(=O)OCC. The van der Waals surface area contributed by atoms with Gasteiger partial charge in [0.25, 0.3) is 0 Å². The average Bonchev–Trinajstić information content (AvgIpc) is 1.90. The highest BCUT2D eigenvalue weighted by atomic mass is 32.1. The summed E-state index contributed by atoms with van der Waals surface area (Å²) in [5.41, 5.74) is 2.60. The third-order valence-corrected chi connectivity index (χ3v) is 18.1. The van der Waals surface area contributed by atoms with Crippen LogP contribution in [-0.4, -0.2) is 137 Å². The third-order valence-electron chi connectivity index (χ3n) is 16.4. The number of carbonyl (C=O) groups excluding carboxylic acids is 5. The van der Waals surface area contributed by atoms with Crippen molar-refractivity contribution in [2.24, 2.45) is 11.8 Å². The van der Waals surface area contributed by atoms with Crippen molar-refractivity contribution >= 4 is 74.3 Å². The summed E-state index contributed by atoms with van der Waals surface area (Å²) in [6.45, 7) is 24.8. The van der Waals surface area contributed by atoms with Gasteiger partial charge in [-0.05, 0) is 82.1 Å². The summed E-state index contributed by atoms with van der Waals surface area (Å²) in [7, 11) is 3.23. The Morgan fingerprint density at radius 3 is 1.68 bits per heavy atom. The van der Waals surface area contributed by atoms with Crippen LogP contribution in [-0.2, 0) is 28.7 Å². The van der Waals surface area contributed by atoms with Crippen LogP contribution in [0.1, 0.15) is 116 Å². The number of nitrogens with zero attached hydrogens (tertiary/aromatic N) is 5. The Bertz CT molecular complexity index is 3550.